The number of benzene rings is 2. The molecule has 1 heterocycles. The number of hydrogen-bond acceptors (Lipinski definition) is 5. The summed E-state index contributed by atoms with van der Waals surface area (Å²) in [6.07, 6.45) is 2.83. The molecule has 0 bridgehead atoms. The first kappa shape index (κ1) is 19.7. The zero-order chi connectivity index (χ0) is 19.9. The van der Waals surface area contributed by atoms with Gasteiger partial charge in [-0.05, 0) is 42.8 Å². The van der Waals surface area contributed by atoms with Gasteiger partial charge in [0.2, 0.25) is 0 Å². The van der Waals surface area contributed by atoms with Gasteiger partial charge < -0.3 is 9.64 Å². The second-order valence-electron chi connectivity index (χ2n) is 6.00. The van der Waals surface area contributed by atoms with Crippen LogP contribution in [0.3, 0.4) is 0 Å². The minimum absolute atomic E-state index is 0.256. The van der Waals surface area contributed by atoms with E-state index < -0.39 is 5.97 Å². The van der Waals surface area contributed by atoms with Crippen LogP contribution < -0.4 is 0 Å². The van der Waals surface area contributed by atoms with Gasteiger partial charge in [-0.25, -0.2) is 14.2 Å². The molecule has 0 aliphatic heterocycles. The minimum atomic E-state index is -0.616. The predicted molar refractivity (Wildman–Crippen MR) is 107 cm³/mol. The number of rotatable bonds is 7. The van der Waals surface area contributed by atoms with Crippen LogP contribution in [0.25, 0.3) is 16.3 Å². The highest BCUT2D eigenvalue weighted by molar-refractivity contribution is 7.19. The van der Waals surface area contributed by atoms with Crippen LogP contribution in [0.5, 0.6) is 0 Å². The number of amides is 1. The topological polar surface area (TPSA) is 59.5 Å². The maximum atomic E-state index is 13.3. The smallest absolute Gasteiger partial charge is 0.331 e. The van der Waals surface area contributed by atoms with Crippen molar-refractivity contribution in [2.45, 2.75) is 13.5 Å². The lowest BCUT2D eigenvalue weighted by molar-refractivity contribution is -0.148. The minimum Gasteiger partial charge on any atom is -0.452 e. The lowest BCUT2D eigenvalue weighted by Gasteiger charge is -2.20. The maximum absolute atomic E-state index is 13.3. The third-order valence-electron chi connectivity index (χ3n) is 4.01. The third kappa shape index (κ3) is 5.23. The molecule has 0 aliphatic rings. The maximum Gasteiger partial charge on any atom is 0.331 e. The number of esters is 1. The first-order valence-electron chi connectivity index (χ1n) is 8.78. The molecule has 0 aliphatic carbocycles. The molecule has 5 nitrogen and oxygen atoms in total. The van der Waals surface area contributed by atoms with Crippen LogP contribution in [0.1, 0.15) is 17.5 Å². The van der Waals surface area contributed by atoms with Gasteiger partial charge in [-0.15, -0.1) is 11.3 Å². The fourth-order valence-corrected chi connectivity index (χ4v) is 3.48. The van der Waals surface area contributed by atoms with Gasteiger partial charge in [0.25, 0.3) is 5.91 Å². The standard InChI is InChI=1S/C21H19FN2O3S/c1-2-24(13-15-6-5-7-16(22)12-15)20(25)14-27-21(26)11-10-19-23-17-8-3-4-9-18(17)28-19/h3-12H,2,13-14H2,1H3/b11-10+. The van der Waals surface area contributed by atoms with Gasteiger partial charge in [0.15, 0.2) is 6.61 Å². The highest BCUT2D eigenvalue weighted by atomic mass is 32.1. The van der Waals surface area contributed by atoms with Crippen LogP contribution >= 0.6 is 11.3 Å². The summed E-state index contributed by atoms with van der Waals surface area (Å²) >= 11 is 1.46. The van der Waals surface area contributed by atoms with Crippen molar-refractivity contribution in [3.8, 4) is 0 Å². The number of likely N-dealkylation sites (N-methyl/N-ethyl adjacent to an activating group) is 1. The van der Waals surface area contributed by atoms with E-state index in [1.165, 1.54) is 34.4 Å². The molecule has 0 unspecified atom stereocenters. The number of hydrogen-bond donors (Lipinski definition) is 0. The molecule has 0 saturated heterocycles. The lowest BCUT2D eigenvalue weighted by Crippen LogP contribution is -2.34. The molecule has 0 atom stereocenters. The zero-order valence-corrected chi connectivity index (χ0v) is 16.1. The number of aromatic nitrogens is 1. The van der Waals surface area contributed by atoms with E-state index >= 15 is 0 Å². The second-order valence-corrected chi connectivity index (χ2v) is 7.06. The summed E-state index contributed by atoms with van der Waals surface area (Å²) in [5, 5.41) is 0.686. The Bertz CT molecular complexity index is 983. The fraction of sp³-hybridized carbons (Fsp3) is 0.190. The average Bonchev–Trinajstić information content (AvgIpc) is 3.11. The summed E-state index contributed by atoms with van der Waals surface area (Å²) in [7, 11) is 0. The number of carbonyl (C=O) groups excluding carboxylic acids is 2. The number of nitrogens with zero attached hydrogens (tertiary/aromatic N) is 2. The van der Waals surface area contributed by atoms with Gasteiger partial charge in [-0.3, -0.25) is 4.79 Å². The summed E-state index contributed by atoms with van der Waals surface area (Å²) in [6, 6.07) is 13.7. The Morgan fingerprint density at radius 2 is 2.04 bits per heavy atom. The van der Waals surface area contributed by atoms with E-state index in [9.17, 15) is 14.0 Å². The van der Waals surface area contributed by atoms with E-state index in [2.05, 4.69) is 4.98 Å². The molecule has 0 fully saturated rings. The number of para-hydroxylation sites is 1. The van der Waals surface area contributed by atoms with Crippen molar-refractivity contribution < 1.29 is 18.7 Å². The van der Waals surface area contributed by atoms with Gasteiger partial charge in [-0.2, -0.15) is 0 Å². The van der Waals surface area contributed by atoms with E-state index in [0.29, 0.717) is 17.1 Å². The van der Waals surface area contributed by atoms with E-state index in [1.807, 2.05) is 31.2 Å². The number of thiazole rings is 1. The van der Waals surface area contributed by atoms with Gasteiger partial charge >= 0.3 is 5.97 Å². The van der Waals surface area contributed by atoms with Crippen LogP contribution in [0.2, 0.25) is 0 Å². The highest BCUT2D eigenvalue weighted by Gasteiger charge is 2.14. The van der Waals surface area contributed by atoms with Gasteiger partial charge in [-0.1, -0.05) is 24.3 Å². The number of carbonyl (C=O) groups is 2. The largest absolute Gasteiger partial charge is 0.452 e. The summed E-state index contributed by atoms with van der Waals surface area (Å²) in [5.41, 5.74) is 1.55. The van der Waals surface area contributed by atoms with Crippen LogP contribution in [0, 0.1) is 5.82 Å². The molecule has 3 rings (SSSR count). The normalized spacial score (nSPS) is 11.1. The van der Waals surface area contributed by atoms with Crippen molar-refractivity contribution in [1.82, 2.24) is 9.88 Å². The van der Waals surface area contributed by atoms with E-state index in [-0.39, 0.29) is 24.9 Å². The number of halogens is 1. The Kier molecular flexibility index (Phi) is 6.49. The van der Waals surface area contributed by atoms with E-state index in [1.54, 1.807) is 18.2 Å². The molecule has 0 radical (unpaired) electrons. The average molecular weight is 398 g/mol. The van der Waals surface area contributed by atoms with Crippen molar-refractivity contribution in [3.63, 3.8) is 0 Å². The summed E-state index contributed by atoms with van der Waals surface area (Å²) in [6.45, 7) is 2.12. The molecule has 2 aromatic carbocycles. The monoisotopic (exact) mass is 398 g/mol. The van der Waals surface area contributed by atoms with E-state index in [4.69, 9.17) is 4.74 Å². The highest BCUT2D eigenvalue weighted by Crippen LogP contribution is 2.22. The Balaban J connectivity index is 1.52. The van der Waals surface area contributed by atoms with Gasteiger partial charge in [0.1, 0.15) is 10.8 Å². The first-order chi connectivity index (χ1) is 13.5. The number of ether oxygens (including phenoxy) is 1. The molecule has 1 amide bonds. The van der Waals surface area contributed by atoms with Crippen molar-refractivity contribution in [2.24, 2.45) is 0 Å². The molecule has 28 heavy (non-hydrogen) atoms. The molecule has 0 saturated carbocycles. The SMILES string of the molecule is CCN(Cc1cccc(F)c1)C(=O)COC(=O)/C=C/c1nc2ccccc2s1. The summed E-state index contributed by atoms with van der Waals surface area (Å²) in [5.74, 6) is -1.31. The molecule has 3 aromatic rings. The Morgan fingerprint density at radius 1 is 1.21 bits per heavy atom. The Hall–Kier alpha value is -3.06. The quantitative estimate of drug-likeness (QED) is 0.445. The number of fused-ring (bicyclic) bond motifs is 1. The second kappa shape index (κ2) is 9.23. The Morgan fingerprint density at radius 3 is 2.79 bits per heavy atom. The Labute approximate surface area is 166 Å². The van der Waals surface area contributed by atoms with Crippen molar-refractivity contribution >= 4 is 39.5 Å². The lowest BCUT2D eigenvalue weighted by atomic mass is 10.2. The molecular formula is C21H19FN2O3S. The van der Waals surface area contributed by atoms with Crippen molar-refractivity contribution in [3.05, 3.63) is 71.0 Å². The molecular weight excluding hydrogens is 379 g/mol. The fourth-order valence-electron chi connectivity index (χ4n) is 2.60. The van der Waals surface area contributed by atoms with Crippen LogP contribution in [0.15, 0.2) is 54.6 Å². The van der Waals surface area contributed by atoms with Gasteiger partial charge in [0.05, 0.1) is 10.2 Å². The van der Waals surface area contributed by atoms with Crippen LogP contribution in [0.4, 0.5) is 4.39 Å². The van der Waals surface area contributed by atoms with Crippen molar-refractivity contribution in [2.75, 3.05) is 13.2 Å². The zero-order valence-electron chi connectivity index (χ0n) is 15.3. The molecule has 144 valence electrons. The third-order valence-corrected chi connectivity index (χ3v) is 5.01. The summed E-state index contributed by atoms with van der Waals surface area (Å²) in [4.78, 5) is 30.1. The molecule has 0 N–H and O–H groups in total. The van der Waals surface area contributed by atoms with Crippen LogP contribution in [-0.2, 0) is 20.9 Å². The van der Waals surface area contributed by atoms with Crippen molar-refractivity contribution in [1.29, 1.82) is 0 Å². The molecule has 1 aromatic heterocycles. The van der Waals surface area contributed by atoms with E-state index in [0.717, 1.165) is 10.2 Å². The molecule has 7 heteroatoms. The first-order valence-corrected chi connectivity index (χ1v) is 9.59. The predicted octanol–water partition coefficient (Wildman–Crippen LogP) is 4.04. The summed E-state index contributed by atoms with van der Waals surface area (Å²) < 4.78 is 19.3. The van der Waals surface area contributed by atoms with Crippen LogP contribution in [-0.4, -0.2) is 34.9 Å². The molecule has 0 spiro atoms. The van der Waals surface area contributed by atoms with Gasteiger partial charge in [0, 0.05) is 19.2 Å².